The van der Waals surface area contributed by atoms with Crippen LogP contribution in [0.15, 0.2) is 0 Å². The Morgan fingerprint density at radius 2 is 1.67 bits per heavy atom. The van der Waals surface area contributed by atoms with Crippen LogP contribution in [0.5, 0.6) is 0 Å². The molecule has 0 N–H and O–H groups in total. The van der Waals surface area contributed by atoms with E-state index in [0.29, 0.717) is 59.6 Å². The van der Waals surface area contributed by atoms with Crippen molar-refractivity contribution in [1.29, 1.82) is 0 Å². The second kappa shape index (κ2) is 6.90. The highest BCUT2D eigenvalue weighted by atomic mass is 16.6. The third-order valence-electron chi connectivity index (χ3n) is 11.1. The van der Waals surface area contributed by atoms with Crippen molar-refractivity contribution in [3.63, 3.8) is 0 Å². The van der Waals surface area contributed by atoms with E-state index in [-0.39, 0.29) is 16.9 Å². The molecule has 0 aromatic carbocycles. The fourth-order valence-corrected chi connectivity index (χ4v) is 9.05. The van der Waals surface area contributed by atoms with Gasteiger partial charge in [0.05, 0.1) is 11.7 Å². The van der Waals surface area contributed by atoms with Crippen molar-refractivity contribution in [2.24, 2.45) is 46.3 Å². The van der Waals surface area contributed by atoms with E-state index in [1.54, 1.807) is 0 Å². The summed E-state index contributed by atoms with van der Waals surface area (Å²) in [6.45, 7) is 11.8. The Bertz CT molecular complexity index is 740. The van der Waals surface area contributed by atoms with Gasteiger partial charge in [-0.05, 0) is 99.2 Å². The molecule has 0 radical (unpaired) electrons. The highest BCUT2D eigenvalue weighted by Crippen LogP contribution is 2.67. The number of carbonyl (C=O) groups excluding carboxylic acids is 2. The van der Waals surface area contributed by atoms with Crippen LogP contribution in [0.1, 0.15) is 98.8 Å². The summed E-state index contributed by atoms with van der Waals surface area (Å²) in [7, 11) is 0. The first kappa shape index (κ1) is 21.2. The van der Waals surface area contributed by atoms with E-state index >= 15 is 0 Å². The Kier molecular flexibility index (Phi) is 4.87. The molecule has 0 amide bonds. The smallest absolute Gasteiger partial charge is 0.136 e. The lowest BCUT2D eigenvalue weighted by atomic mass is 9.44. The molecule has 5 rings (SSSR count). The number of fused-ring (bicyclic) bond motifs is 5. The van der Waals surface area contributed by atoms with Gasteiger partial charge in [0.2, 0.25) is 0 Å². The lowest BCUT2D eigenvalue weighted by molar-refractivity contribution is -0.159. The molecule has 1 saturated heterocycles. The van der Waals surface area contributed by atoms with Crippen LogP contribution >= 0.6 is 0 Å². The molecule has 9 atom stereocenters. The van der Waals surface area contributed by atoms with Crippen LogP contribution in [0.3, 0.4) is 0 Å². The molecule has 30 heavy (non-hydrogen) atoms. The summed E-state index contributed by atoms with van der Waals surface area (Å²) < 4.78 is 5.83. The number of rotatable bonds is 4. The molecule has 168 valence electrons. The third kappa shape index (κ3) is 3.08. The molecule has 5 unspecified atom stereocenters. The molecule has 3 nitrogen and oxygen atoms in total. The SMILES string of the molecule is C[C@H](CCC1OC1(C)C)C1CC[C@H]2C3C(=O)CC4CC(=O)CCC4(C)[C@H]3CC[C@]12C. The van der Waals surface area contributed by atoms with Gasteiger partial charge in [0.15, 0.2) is 0 Å². The zero-order valence-corrected chi connectivity index (χ0v) is 19.8. The van der Waals surface area contributed by atoms with E-state index in [9.17, 15) is 9.59 Å². The van der Waals surface area contributed by atoms with Crippen molar-refractivity contribution >= 4 is 11.6 Å². The minimum atomic E-state index is 0.0990. The largest absolute Gasteiger partial charge is 0.367 e. The zero-order chi connectivity index (χ0) is 21.5. The Labute approximate surface area is 183 Å². The molecule has 0 bridgehead atoms. The number of ether oxygens (including phenoxy) is 1. The standard InChI is InChI=1S/C27H42O3/c1-16(6-9-23-25(2,3)30-23)19-7-8-20-24-21(11-13-27(19,20)5)26(4)12-10-18(28)14-17(26)15-22(24)29/h16-17,19-21,23-24H,6-15H2,1-5H3/t16-,17?,19?,20+,21+,23?,24?,26?,27-/m1/s1. The van der Waals surface area contributed by atoms with E-state index in [1.807, 2.05) is 0 Å². The third-order valence-corrected chi connectivity index (χ3v) is 11.1. The van der Waals surface area contributed by atoms with E-state index < -0.39 is 0 Å². The molecule has 1 aliphatic heterocycles. The van der Waals surface area contributed by atoms with Gasteiger partial charge in [-0.2, -0.15) is 0 Å². The first-order valence-electron chi connectivity index (χ1n) is 12.8. The summed E-state index contributed by atoms with van der Waals surface area (Å²) in [5.41, 5.74) is 0.637. The molecule has 0 aromatic rings. The molecule has 0 aromatic heterocycles. The predicted molar refractivity (Wildman–Crippen MR) is 118 cm³/mol. The highest BCUT2D eigenvalue weighted by Gasteiger charge is 2.63. The van der Waals surface area contributed by atoms with Gasteiger partial charge >= 0.3 is 0 Å². The van der Waals surface area contributed by atoms with Crippen molar-refractivity contribution in [3.05, 3.63) is 0 Å². The Morgan fingerprint density at radius 1 is 0.967 bits per heavy atom. The van der Waals surface area contributed by atoms with Crippen LogP contribution in [0, 0.1) is 46.3 Å². The minimum Gasteiger partial charge on any atom is -0.367 e. The van der Waals surface area contributed by atoms with Gasteiger partial charge in [-0.15, -0.1) is 0 Å². The molecule has 5 aliphatic rings. The molecule has 4 saturated carbocycles. The van der Waals surface area contributed by atoms with Gasteiger partial charge in [0, 0.05) is 25.2 Å². The number of hydrogen-bond donors (Lipinski definition) is 0. The van der Waals surface area contributed by atoms with Crippen molar-refractivity contribution in [1.82, 2.24) is 0 Å². The van der Waals surface area contributed by atoms with Crippen molar-refractivity contribution in [3.8, 4) is 0 Å². The Morgan fingerprint density at radius 3 is 2.37 bits per heavy atom. The van der Waals surface area contributed by atoms with Crippen LogP contribution < -0.4 is 0 Å². The second-order valence-electron chi connectivity index (χ2n) is 12.8. The molecule has 5 fully saturated rings. The fraction of sp³-hybridized carbons (Fsp3) is 0.926. The first-order valence-corrected chi connectivity index (χ1v) is 12.8. The molecule has 1 heterocycles. The predicted octanol–water partition coefficient (Wildman–Crippen LogP) is 5.99. The lowest BCUT2D eigenvalue weighted by Gasteiger charge is -2.59. The van der Waals surface area contributed by atoms with E-state index in [1.165, 1.54) is 38.5 Å². The molecule has 4 aliphatic carbocycles. The highest BCUT2D eigenvalue weighted by molar-refractivity contribution is 5.86. The summed E-state index contributed by atoms with van der Waals surface area (Å²) in [4.78, 5) is 25.6. The number of Topliss-reactive ketones (excluding diaryl/α,β-unsaturated/α-hetero) is 2. The average molecular weight is 415 g/mol. The van der Waals surface area contributed by atoms with Crippen molar-refractivity contribution in [2.75, 3.05) is 0 Å². The first-order chi connectivity index (χ1) is 14.1. The van der Waals surface area contributed by atoms with Crippen molar-refractivity contribution < 1.29 is 14.3 Å². The summed E-state index contributed by atoms with van der Waals surface area (Å²) >= 11 is 0. The number of epoxide rings is 1. The number of carbonyl (C=O) groups is 2. The van der Waals surface area contributed by atoms with E-state index in [4.69, 9.17) is 4.74 Å². The summed E-state index contributed by atoms with van der Waals surface area (Å²) in [5, 5.41) is 0. The van der Waals surface area contributed by atoms with Crippen LogP contribution in [0.2, 0.25) is 0 Å². The van der Waals surface area contributed by atoms with Crippen LogP contribution in [0.25, 0.3) is 0 Å². The lowest BCUT2D eigenvalue weighted by Crippen LogP contribution is -2.57. The maximum atomic E-state index is 13.5. The normalized spacial score (nSPS) is 50.4. The van der Waals surface area contributed by atoms with Gasteiger partial charge < -0.3 is 4.74 Å². The van der Waals surface area contributed by atoms with Crippen LogP contribution in [-0.2, 0) is 14.3 Å². The van der Waals surface area contributed by atoms with Crippen LogP contribution in [-0.4, -0.2) is 23.3 Å². The monoisotopic (exact) mass is 414 g/mol. The Balaban J connectivity index is 1.33. The average Bonchev–Trinajstić information content (AvgIpc) is 3.13. The molecular formula is C27H42O3. The van der Waals surface area contributed by atoms with Gasteiger partial charge in [0.25, 0.3) is 0 Å². The molecule has 3 heteroatoms. The number of ketones is 2. The van der Waals surface area contributed by atoms with E-state index in [2.05, 4.69) is 34.6 Å². The fourth-order valence-electron chi connectivity index (χ4n) is 9.05. The van der Waals surface area contributed by atoms with Gasteiger partial charge in [-0.25, -0.2) is 0 Å². The Hall–Kier alpha value is -0.700. The quantitative estimate of drug-likeness (QED) is 0.531. The van der Waals surface area contributed by atoms with E-state index in [0.717, 1.165) is 18.8 Å². The molecular weight excluding hydrogens is 372 g/mol. The minimum absolute atomic E-state index is 0.0990. The topological polar surface area (TPSA) is 46.7 Å². The summed E-state index contributed by atoms with van der Waals surface area (Å²) in [5.74, 6) is 4.03. The van der Waals surface area contributed by atoms with Gasteiger partial charge in [0.1, 0.15) is 11.6 Å². The summed E-state index contributed by atoms with van der Waals surface area (Å²) in [6, 6.07) is 0. The maximum Gasteiger partial charge on any atom is 0.136 e. The zero-order valence-electron chi connectivity index (χ0n) is 19.8. The molecule has 0 spiro atoms. The second-order valence-corrected chi connectivity index (χ2v) is 12.8. The van der Waals surface area contributed by atoms with Gasteiger partial charge in [-0.3, -0.25) is 9.59 Å². The van der Waals surface area contributed by atoms with Crippen LogP contribution in [0.4, 0.5) is 0 Å². The maximum absolute atomic E-state index is 13.5. The summed E-state index contributed by atoms with van der Waals surface area (Å²) in [6.07, 6.45) is 11.0. The van der Waals surface area contributed by atoms with Gasteiger partial charge in [-0.1, -0.05) is 20.8 Å². The van der Waals surface area contributed by atoms with Crippen molar-refractivity contribution in [2.45, 2.75) is 111 Å². The number of hydrogen-bond acceptors (Lipinski definition) is 3.